The van der Waals surface area contributed by atoms with Gasteiger partial charge in [0.2, 0.25) is 0 Å². The summed E-state index contributed by atoms with van der Waals surface area (Å²) >= 11 is 0. The Morgan fingerprint density at radius 1 is 1.24 bits per heavy atom. The van der Waals surface area contributed by atoms with Gasteiger partial charge in [-0.25, -0.2) is 4.79 Å². The minimum atomic E-state index is -0.548. The fourth-order valence-corrected chi connectivity index (χ4v) is 1.81. The first kappa shape index (κ1) is 14.5. The van der Waals surface area contributed by atoms with Crippen molar-refractivity contribution in [3.63, 3.8) is 0 Å². The second-order valence-corrected chi connectivity index (χ2v) is 4.39. The number of esters is 1. The van der Waals surface area contributed by atoms with E-state index in [0.717, 1.165) is 5.56 Å². The topological polar surface area (TPSA) is 88.5 Å². The number of aryl methyl sites for hydroxylation is 1. The molecule has 0 aliphatic carbocycles. The van der Waals surface area contributed by atoms with Crippen LogP contribution in [-0.4, -0.2) is 29.1 Å². The average Bonchev–Trinajstić information content (AvgIpc) is 2.48. The molecule has 6 nitrogen and oxygen atoms in total. The van der Waals surface area contributed by atoms with Crippen LogP contribution in [-0.2, 0) is 4.74 Å². The zero-order chi connectivity index (χ0) is 15.4. The van der Waals surface area contributed by atoms with Gasteiger partial charge in [-0.05, 0) is 25.1 Å². The fraction of sp³-hybridized carbons (Fsp3) is 0.133. The first-order valence-electron chi connectivity index (χ1n) is 6.16. The molecule has 0 spiro atoms. The second-order valence-electron chi connectivity index (χ2n) is 4.39. The van der Waals surface area contributed by atoms with Crippen molar-refractivity contribution in [3.05, 3.63) is 53.3 Å². The molecule has 1 heterocycles. The van der Waals surface area contributed by atoms with Gasteiger partial charge in [0.25, 0.3) is 5.91 Å². The van der Waals surface area contributed by atoms with Gasteiger partial charge in [0.15, 0.2) is 0 Å². The molecule has 1 amide bonds. The van der Waals surface area contributed by atoms with E-state index in [4.69, 9.17) is 4.74 Å². The number of aromatic hydroxyl groups is 1. The van der Waals surface area contributed by atoms with Crippen molar-refractivity contribution in [2.45, 2.75) is 6.92 Å². The first-order valence-corrected chi connectivity index (χ1v) is 6.16. The highest BCUT2D eigenvalue weighted by Gasteiger charge is 2.16. The zero-order valence-corrected chi connectivity index (χ0v) is 11.6. The summed E-state index contributed by atoms with van der Waals surface area (Å²) in [5.74, 6) is -1.32. The molecule has 2 rings (SSSR count). The lowest BCUT2D eigenvalue weighted by Crippen LogP contribution is -2.15. The maximum atomic E-state index is 12.1. The van der Waals surface area contributed by atoms with Crippen molar-refractivity contribution in [1.82, 2.24) is 4.98 Å². The van der Waals surface area contributed by atoms with Crippen LogP contribution in [0, 0.1) is 6.92 Å². The summed E-state index contributed by atoms with van der Waals surface area (Å²) in [5.41, 5.74) is 1.50. The normalized spacial score (nSPS) is 10.0. The predicted octanol–water partition coefficient (Wildman–Crippen LogP) is 2.13. The fourth-order valence-electron chi connectivity index (χ4n) is 1.81. The summed E-state index contributed by atoms with van der Waals surface area (Å²) in [6.45, 7) is 1.83. The van der Waals surface area contributed by atoms with Gasteiger partial charge in [0.1, 0.15) is 5.75 Å². The Morgan fingerprint density at radius 2 is 2.00 bits per heavy atom. The Labute approximate surface area is 121 Å². The number of anilines is 1. The van der Waals surface area contributed by atoms with Gasteiger partial charge >= 0.3 is 5.97 Å². The number of nitrogens with one attached hydrogen (secondary N) is 1. The van der Waals surface area contributed by atoms with Crippen molar-refractivity contribution in [1.29, 1.82) is 0 Å². The Bertz CT molecular complexity index is 698. The quantitative estimate of drug-likeness (QED) is 0.844. The van der Waals surface area contributed by atoms with Gasteiger partial charge < -0.3 is 15.2 Å². The van der Waals surface area contributed by atoms with E-state index in [0.29, 0.717) is 5.69 Å². The molecule has 0 radical (unpaired) electrons. The molecule has 0 aliphatic rings. The number of benzene rings is 1. The van der Waals surface area contributed by atoms with Gasteiger partial charge in [0.05, 0.1) is 30.1 Å². The van der Waals surface area contributed by atoms with Crippen LogP contribution in [0.1, 0.15) is 26.3 Å². The van der Waals surface area contributed by atoms with Crippen molar-refractivity contribution >= 4 is 17.6 Å². The molecular formula is C15H14N2O4. The molecule has 1 aromatic heterocycles. The lowest BCUT2D eigenvalue weighted by Gasteiger charge is -2.11. The van der Waals surface area contributed by atoms with Crippen LogP contribution in [0.2, 0.25) is 0 Å². The monoisotopic (exact) mass is 286 g/mol. The number of ether oxygens (including phenoxy) is 1. The first-order chi connectivity index (χ1) is 10.0. The predicted molar refractivity (Wildman–Crippen MR) is 76.4 cm³/mol. The molecule has 0 atom stereocenters. The molecule has 0 unspecified atom stereocenters. The van der Waals surface area contributed by atoms with E-state index in [1.807, 2.05) is 6.92 Å². The van der Waals surface area contributed by atoms with Crippen LogP contribution in [0.5, 0.6) is 5.75 Å². The van der Waals surface area contributed by atoms with E-state index in [1.54, 1.807) is 18.2 Å². The number of nitrogens with zero attached hydrogens (tertiary/aromatic N) is 1. The van der Waals surface area contributed by atoms with Gasteiger partial charge in [-0.1, -0.05) is 11.6 Å². The van der Waals surface area contributed by atoms with Gasteiger partial charge in [-0.3, -0.25) is 9.78 Å². The molecular weight excluding hydrogens is 272 g/mol. The summed E-state index contributed by atoms with van der Waals surface area (Å²) in [7, 11) is 1.27. The Morgan fingerprint density at radius 3 is 2.67 bits per heavy atom. The van der Waals surface area contributed by atoms with Gasteiger partial charge in [-0.2, -0.15) is 0 Å². The molecule has 6 heteroatoms. The zero-order valence-electron chi connectivity index (χ0n) is 11.6. The highest BCUT2D eigenvalue weighted by molar-refractivity contribution is 6.09. The van der Waals surface area contributed by atoms with E-state index in [2.05, 4.69) is 10.3 Å². The molecule has 0 bridgehead atoms. The Kier molecular flexibility index (Phi) is 4.18. The molecule has 108 valence electrons. The molecule has 0 aliphatic heterocycles. The number of amides is 1. The lowest BCUT2D eigenvalue weighted by molar-refractivity contribution is 0.0602. The minimum absolute atomic E-state index is 0.0707. The average molecular weight is 286 g/mol. The third-order valence-corrected chi connectivity index (χ3v) is 2.87. The Balaban J connectivity index is 2.34. The van der Waals surface area contributed by atoms with Crippen molar-refractivity contribution in [2.24, 2.45) is 0 Å². The summed E-state index contributed by atoms with van der Waals surface area (Å²) in [6.07, 6.45) is 2.57. The van der Waals surface area contributed by atoms with Crippen LogP contribution in [0.4, 0.5) is 5.69 Å². The van der Waals surface area contributed by atoms with Crippen LogP contribution >= 0.6 is 0 Å². The van der Waals surface area contributed by atoms with Crippen LogP contribution < -0.4 is 5.32 Å². The van der Waals surface area contributed by atoms with E-state index in [1.165, 1.54) is 25.6 Å². The number of hydrogen-bond acceptors (Lipinski definition) is 5. The molecule has 2 N–H and O–H groups in total. The third kappa shape index (κ3) is 3.17. The summed E-state index contributed by atoms with van der Waals surface area (Å²) in [4.78, 5) is 27.6. The number of carbonyl (C=O) groups excluding carboxylic acids is 2. The number of hydrogen-bond donors (Lipinski definition) is 2. The maximum absolute atomic E-state index is 12.1. The Hall–Kier alpha value is -2.89. The number of rotatable bonds is 3. The summed E-state index contributed by atoms with van der Waals surface area (Å²) in [6, 6.07) is 6.37. The minimum Gasteiger partial charge on any atom is -0.505 e. The molecule has 0 fully saturated rings. The van der Waals surface area contributed by atoms with Gasteiger partial charge in [-0.15, -0.1) is 0 Å². The molecule has 0 saturated carbocycles. The SMILES string of the molecule is COC(=O)c1cc(C)ccc1NC(=O)c1ccncc1O. The second kappa shape index (κ2) is 6.04. The third-order valence-electron chi connectivity index (χ3n) is 2.87. The standard InChI is InChI=1S/C15H14N2O4/c1-9-3-4-12(11(7-9)15(20)21-2)17-14(19)10-5-6-16-8-13(10)18/h3-8,18H,1-2H3,(H,17,19). The van der Waals surface area contributed by atoms with E-state index < -0.39 is 11.9 Å². The number of carbonyl (C=O) groups is 2. The maximum Gasteiger partial charge on any atom is 0.339 e. The summed E-state index contributed by atoms with van der Waals surface area (Å²) in [5, 5.41) is 12.2. The van der Waals surface area contributed by atoms with E-state index in [9.17, 15) is 14.7 Å². The van der Waals surface area contributed by atoms with Crippen molar-refractivity contribution in [3.8, 4) is 5.75 Å². The molecule has 21 heavy (non-hydrogen) atoms. The van der Waals surface area contributed by atoms with E-state index >= 15 is 0 Å². The molecule has 2 aromatic rings. The van der Waals surface area contributed by atoms with Gasteiger partial charge in [0, 0.05) is 6.20 Å². The number of methoxy groups -OCH3 is 1. The van der Waals surface area contributed by atoms with E-state index in [-0.39, 0.29) is 16.9 Å². The largest absolute Gasteiger partial charge is 0.505 e. The van der Waals surface area contributed by atoms with Crippen LogP contribution in [0.3, 0.4) is 0 Å². The summed E-state index contributed by atoms with van der Waals surface area (Å²) < 4.78 is 4.69. The lowest BCUT2D eigenvalue weighted by atomic mass is 10.1. The highest BCUT2D eigenvalue weighted by atomic mass is 16.5. The number of pyridine rings is 1. The van der Waals surface area contributed by atoms with Crippen LogP contribution in [0.15, 0.2) is 36.7 Å². The number of aromatic nitrogens is 1. The van der Waals surface area contributed by atoms with Crippen molar-refractivity contribution < 1.29 is 19.4 Å². The van der Waals surface area contributed by atoms with Crippen molar-refractivity contribution in [2.75, 3.05) is 12.4 Å². The molecule has 1 aromatic carbocycles. The smallest absolute Gasteiger partial charge is 0.339 e. The highest BCUT2D eigenvalue weighted by Crippen LogP contribution is 2.21. The van der Waals surface area contributed by atoms with Crippen LogP contribution in [0.25, 0.3) is 0 Å². The molecule has 0 saturated heterocycles.